The first-order valence-electron chi connectivity index (χ1n) is 7.47. The van der Waals surface area contributed by atoms with E-state index in [1.165, 1.54) is 0 Å². The molecule has 22 heavy (non-hydrogen) atoms. The molecule has 2 rings (SSSR count). The summed E-state index contributed by atoms with van der Waals surface area (Å²) < 4.78 is 0. The van der Waals surface area contributed by atoms with Crippen LogP contribution in [0.15, 0.2) is 31.0 Å². The van der Waals surface area contributed by atoms with Crippen LogP contribution in [0.25, 0.3) is 0 Å². The summed E-state index contributed by atoms with van der Waals surface area (Å²) in [6, 6.07) is 5.60. The highest BCUT2D eigenvalue weighted by Crippen LogP contribution is 2.23. The van der Waals surface area contributed by atoms with Crippen molar-refractivity contribution in [3.63, 3.8) is 0 Å². The van der Waals surface area contributed by atoms with Crippen molar-refractivity contribution in [1.82, 2.24) is 15.6 Å². The number of amides is 2. The average Bonchev–Trinajstić information content (AvgIpc) is 2.58. The van der Waals surface area contributed by atoms with Crippen molar-refractivity contribution in [3.05, 3.63) is 36.5 Å². The summed E-state index contributed by atoms with van der Waals surface area (Å²) in [7, 11) is 0. The van der Waals surface area contributed by atoms with E-state index in [2.05, 4.69) is 33.2 Å². The van der Waals surface area contributed by atoms with Gasteiger partial charge in [-0.05, 0) is 30.9 Å². The van der Waals surface area contributed by atoms with Gasteiger partial charge in [0.1, 0.15) is 11.9 Å². The third-order valence-electron chi connectivity index (χ3n) is 3.78. The monoisotopic (exact) mass is 299 g/mol. The fourth-order valence-corrected chi connectivity index (χ4v) is 2.55. The molecule has 2 N–H and O–H groups in total. The third-order valence-corrected chi connectivity index (χ3v) is 3.78. The molecule has 1 aromatic rings. The number of hydrogen-bond acceptors (Lipinski definition) is 4. The van der Waals surface area contributed by atoms with E-state index >= 15 is 0 Å². The van der Waals surface area contributed by atoms with Crippen LogP contribution in [0.1, 0.15) is 18.4 Å². The van der Waals surface area contributed by atoms with Gasteiger partial charge in [-0.1, -0.05) is 6.08 Å². The Morgan fingerprint density at radius 1 is 1.50 bits per heavy atom. The first-order chi connectivity index (χ1) is 10.7. The summed E-state index contributed by atoms with van der Waals surface area (Å²) in [5.41, 5.74) is 0.614. The fourth-order valence-electron chi connectivity index (χ4n) is 2.55. The molecule has 116 valence electrons. The minimum atomic E-state index is -0.154. The molecular formula is C16H21N5O. The lowest BCUT2D eigenvalue weighted by Gasteiger charge is -2.33. The minimum Gasteiger partial charge on any atom is -0.356 e. The number of carbonyl (C=O) groups excluding carboxylic acids is 1. The highest BCUT2D eigenvalue weighted by Gasteiger charge is 2.22. The second kappa shape index (κ2) is 8.03. The van der Waals surface area contributed by atoms with E-state index in [9.17, 15) is 4.79 Å². The molecule has 2 amide bonds. The van der Waals surface area contributed by atoms with Crippen LogP contribution >= 0.6 is 0 Å². The number of urea groups is 1. The molecule has 0 aliphatic carbocycles. The van der Waals surface area contributed by atoms with E-state index in [1.807, 2.05) is 0 Å². The molecule has 0 spiro atoms. The van der Waals surface area contributed by atoms with Crippen LogP contribution in [0.3, 0.4) is 0 Å². The first kappa shape index (κ1) is 15.8. The lowest BCUT2D eigenvalue weighted by atomic mass is 9.96. The topological polar surface area (TPSA) is 81.1 Å². The Hall–Kier alpha value is -2.55. The van der Waals surface area contributed by atoms with Crippen LogP contribution in [0.2, 0.25) is 0 Å². The maximum atomic E-state index is 11.5. The lowest BCUT2D eigenvalue weighted by molar-refractivity contribution is 0.238. The molecule has 6 heteroatoms. The maximum absolute atomic E-state index is 11.5. The molecule has 0 bridgehead atoms. The number of pyridine rings is 1. The number of piperidine rings is 1. The van der Waals surface area contributed by atoms with Gasteiger partial charge in [-0.15, -0.1) is 6.58 Å². The van der Waals surface area contributed by atoms with Crippen molar-refractivity contribution in [2.45, 2.75) is 12.8 Å². The largest absolute Gasteiger partial charge is 0.356 e. The summed E-state index contributed by atoms with van der Waals surface area (Å²) in [6.07, 6.45) is 5.32. The van der Waals surface area contributed by atoms with Crippen LogP contribution in [0, 0.1) is 17.2 Å². The highest BCUT2D eigenvalue weighted by atomic mass is 16.2. The van der Waals surface area contributed by atoms with E-state index < -0.39 is 0 Å². The number of hydrogen-bond donors (Lipinski definition) is 2. The van der Waals surface area contributed by atoms with Crippen molar-refractivity contribution in [1.29, 1.82) is 5.26 Å². The summed E-state index contributed by atoms with van der Waals surface area (Å²) >= 11 is 0. The van der Waals surface area contributed by atoms with E-state index in [0.29, 0.717) is 24.6 Å². The van der Waals surface area contributed by atoms with E-state index in [-0.39, 0.29) is 6.03 Å². The van der Waals surface area contributed by atoms with Gasteiger partial charge in [-0.3, -0.25) is 0 Å². The first-order valence-corrected chi connectivity index (χ1v) is 7.47. The van der Waals surface area contributed by atoms with E-state index in [4.69, 9.17) is 5.26 Å². The number of aromatic nitrogens is 1. The summed E-state index contributed by atoms with van der Waals surface area (Å²) in [5.74, 6) is 1.22. The second-order valence-corrected chi connectivity index (χ2v) is 5.30. The van der Waals surface area contributed by atoms with Crippen molar-refractivity contribution in [2.75, 3.05) is 31.1 Å². The van der Waals surface area contributed by atoms with Gasteiger partial charge in [0.25, 0.3) is 0 Å². The van der Waals surface area contributed by atoms with Gasteiger partial charge in [0, 0.05) is 32.4 Å². The van der Waals surface area contributed by atoms with E-state index in [0.717, 1.165) is 31.7 Å². The van der Waals surface area contributed by atoms with Crippen molar-refractivity contribution >= 4 is 11.8 Å². The summed E-state index contributed by atoms with van der Waals surface area (Å²) in [6.45, 7) is 6.41. The van der Waals surface area contributed by atoms with Crippen LogP contribution in [0.4, 0.5) is 10.6 Å². The quantitative estimate of drug-likeness (QED) is 0.810. The summed E-state index contributed by atoms with van der Waals surface area (Å²) in [4.78, 5) is 18.0. The van der Waals surface area contributed by atoms with Crippen LogP contribution < -0.4 is 15.5 Å². The van der Waals surface area contributed by atoms with Crippen LogP contribution in [-0.4, -0.2) is 37.2 Å². The molecule has 0 radical (unpaired) electrons. The summed E-state index contributed by atoms with van der Waals surface area (Å²) in [5, 5.41) is 14.7. The normalized spacial score (nSPS) is 15.0. The molecule has 1 aliphatic rings. The molecule has 1 aliphatic heterocycles. The Morgan fingerprint density at radius 3 is 2.95 bits per heavy atom. The maximum Gasteiger partial charge on any atom is 0.315 e. The van der Waals surface area contributed by atoms with Crippen molar-refractivity contribution in [3.8, 4) is 6.07 Å². The Morgan fingerprint density at radius 2 is 2.27 bits per heavy atom. The standard InChI is InChI=1S/C16H21N5O/c1-2-7-19-16(22)20-12-13-5-9-21(10-6-13)15-14(11-17)4-3-8-18-15/h2-4,8,13H,1,5-7,9-10,12H2,(H2,19,20,22). The molecule has 0 unspecified atom stereocenters. The predicted octanol–water partition coefficient (Wildman–Crippen LogP) is 1.65. The Balaban J connectivity index is 1.80. The van der Waals surface area contributed by atoms with Crippen LogP contribution in [-0.2, 0) is 0 Å². The lowest BCUT2D eigenvalue weighted by Crippen LogP contribution is -2.42. The van der Waals surface area contributed by atoms with Crippen LogP contribution in [0.5, 0.6) is 0 Å². The van der Waals surface area contributed by atoms with Gasteiger partial charge >= 0.3 is 6.03 Å². The molecule has 1 fully saturated rings. The number of anilines is 1. The zero-order chi connectivity index (χ0) is 15.8. The number of carbonyl (C=O) groups is 1. The smallest absolute Gasteiger partial charge is 0.315 e. The van der Waals surface area contributed by atoms with Gasteiger partial charge in [0.2, 0.25) is 0 Å². The van der Waals surface area contributed by atoms with Gasteiger partial charge < -0.3 is 15.5 Å². The molecule has 0 atom stereocenters. The average molecular weight is 299 g/mol. The Bertz CT molecular complexity index is 558. The minimum absolute atomic E-state index is 0.154. The van der Waals surface area contributed by atoms with Gasteiger partial charge in [-0.25, -0.2) is 9.78 Å². The zero-order valence-corrected chi connectivity index (χ0v) is 12.6. The predicted molar refractivity (Wildman–Crippen MR) is 85.5 cm³/mol. The number of nitrogens with one attached hydrogen (secondary N) is 2. The molecule has 0 aromatic carbocycles. The molecule has 2 heterocycles. The number of nitrogens with zero attached hydrogens (tertiary/aromatic N) is 3. The highest BCUT2D eigenvalue weighted by molar-refractivity contribution is 5.73. The molecule has 0 saturated carbocycles. The molecular weight excluding hydrogens is 278 g/mol. The van der Waals surface area contributed by atoms with Gasteiger partial charge in [0.15, 0.2) is 0 Å². The molecule has 1 aromatic heterocycles. The van der Waals surface area contributed by atoms with Crippen molar-refractivity contribution in [2.24, 2.45) is 5.92 Å². The Labute approximate surface area is 130 Å². The van der Waals surface area contributed by atoms with E-state index in [1.54, 1.807) is 24.4 Å². The fraction of sp³-hybridized carbons (Fsp3) is 0.438. The number of rotatable bonds is 5. The number of nitriles is 1. The molecule has 6 nitrogen and oxygen atoms in total. The van der Waals surface area contributed by atoms with Crippen molar-refractivity contribution < 1.29 is 4.79 Å². The second-order valence-electron chi connectivity index (χ2n) is 5.30. The van der Waals surface area contributed by atoms with Gasteiger partial charge in [-0.2, -0.15) is 5.26 Å². The van der Waals surface area contributed by atoms with Gasteiger partial charge in [0.05, 0.1) is 5.56 Å². The SMILES string of the molecule is C=CCNC(=O)NCC1CCN(c2ncccc2C#N)CC1. The molecule has 1 saturated heterocycles. The Kier molecular flexibility index (Phi) is 5.78. The third kappa shape index (κ3) is 4.22. The zero-order valence-electron chi connectivity index (χ0n) is 12.6.